The van der Waals surface area contributed by atoms with Crippen LogP contribution in [0.2, 0.25) is 0 Å². The van der Waals surface area contributed by atoms with Crippen LogP contribution in [0.3, 0.4) is 0 Å². The van der Waals surface area contributed by atoms with E-state index in [9.17, 15) is 4.79 Å². The van der Waals surface area contributed by atoms with Crippen molar-refractivity contribution in [2.45, 2.75) is 65.2 Å². The Bertz CT molecular complexity index is 453. The van der Waals surface area contributed by atoms with Crippen molar-refractivity contribution in [3.63, 3.8) is 0 Å². The van der Waals surface area contributed by atoms with Gasteiger partial charge in [-0.05, 0) is 12.8 Å². The van der Waals surface area contributed by atoms with Gasteiger partial charge in [0.15, 0.2) is 0 Å². The summed E-state index contributed by atoms with van der Waals surface area (Å²) in [5.74, 6) is -0.182. The zero-order valence-electron chi connectivity index (χ0n) is 24.3. The number of carbonyl (C=O) groups is 1. The van der Waals surface area contributed by atoms with E-state index in [-0.39, 0.29) is 12.6 Å². The molecule has 0 N–H and O–H groups in total. The molecule has 0 heterocycles. The number of hydrogen-bond acceptors (Lipinski definition) is 10. The molecule has 0 aromatic heterocycles. The molecule has 0 aliphatic carbocycles. The monoisotopic (exact) mass is 552 g/mol. The maximum absolute atomic E-state index is 11.2. The largest absolute Gasteiger partial charge is 0.463 e. The maximum atomic E-state index is 11.2. The Morgan fingerprint density at radius 3 is 1.05 bits per heavy atom. The van der Waals surface area contributed by atoms with Crippen LogP contribution in [-0.4, -0.2) is 118 Å². The fraction of sp³-hybridized carbons (Fsp3) is 0.964. The lowest BCUT2D eigenvalue weighted by Gasteiger charge is -2.09. The van der Waals surface area contributed by atoms with Crippen molar-refractivity contribution in [2.75, 3.05) is 112 Å². The van der Waals surface area contributed by atoms with Gasteiger partial charge in [-0.2, -0.15) is 0 Å². The molecule has 0 bridgehead atoms. The third-order valence-corrected chi connectivity index (χ3v) is 5.19. The van der Waals surface area contributed by atoms with Gasteiger partial charge < -0.3 is 42.6 Å². The molecule has 0 atom stereocenters. The first-order chi connectivity index (χ1) is 18.8. The molecule has 0 radical (unpaired) electrons. The van der Waals surface area contributed by atoms with E-state index in [1.54, 1.807) is 0 Å². The number of ether oxygens (including phenoxy) is 9. The minimum atomic E-state index is -0.182. The van der Waals surface area contributed by atoms with Crippen LogP contribution in [0.1, 0.15) is 65.2 Å². The van der Waals surface area contributed by atoms with Gasteiger partial charge in [0, 0.05) is 13.0 Å². The van der Waals surface area contributed by atoms with E-state index in [2.05, 4.69) is 6.92 Å². The van der Waals surface area contributed by atoms with Gasteiger partial charge in [-0.3, -0.25) is 4.79 Å². The minimum Gasteiger partial charge on any atom is -0.463 e. The summed E-state index contributed by atoms with van der Waals surface area (Å²) in [5.41, 5.74) is 0. The van der Waals surface area contributed by atoms with E-state index in [1.165, 1.54) is 32.1 Å². The summed E-state index contributed by atoms with van der Waals surface area (Å²) in [5, 5.41) is 0. The molecule has 0 aromatic carbocycles. The fourth-order valence-electron chi connectivity index (χ4n) is 3.12. The van der Waals surface area contributed by atoms with Crippen LogP contribution in [0.15, 0.2) is 0 Å². The summed E-state index contributed by atoms with van der Waals surface area (Å²) < 4.78 is 48.6. The van der Waals surface area contributed by atoms with Crippen molar-refractivity contribution < 1.29 is 47.4 Å². The van der Waals surface area contributed by atoms with E-state index >= 15 is 0 Å². The van der Waals surface area contributed by atoms with E-state index in [0.29, 0.717) is 106 Å². The van der Waals surface area contributed by atoms with Gasteiger partial charge in [0.25, 0.3) is 0 Å². The highest BCUT2D eigenvalue weighted by atomic mass is 16.6. The molecule has 0 aromatic rings. The van der Waals surface area contributed by atoms with E-state index < -0.39 is 0 Å². The minimum absolute atomic E-state index is 0.182. The predicted octanol–water partition coefficient (Wildman–Crippen LogP) is 3.82. The van der Waals surface area contributed by atoms with Gasteiger partial charge in [0.05, 0.1) is 99.1 Å². The maximum Gasteiger partial charge on any atom is 0.305 e. The Kier molecular flexibility index (Phi) is 33.4. The lowest BCUT2D eigenvalue weighted by atomic mass is 10.1. The Morgan fingerprint density at radius 1 is 0.368 bits per heavy atom. The number of hydrogen-bond donors (Lipinski definition) is 0. The van der Waals surface area contributed by atoms with E-state index in [4.69, 9.17) is 42.6 Å². The van der Waals surface area contributed by atoms with Crippen molar-refractivity contribution in [3.8, 4) is 0 Å². The quantitative estimate of drug-likeness (QED) is 0.0882. The SMILES string of the molecule is CCCCCCCCOCCOCCOCCOCCOCCOCCOCCOCCOC(=O)CCC. The highest BCUT2D eigenvalue weighted by molar-refractivity contribution is 5.69. The lowest BCUT2D eigenvalue weighted by Crippen LogP contribution is -2.15. The van der Waals surface area contributed by atoms with Crippen molar-refractivity contribution >= 4 is 5.97 Å². The van der Waals surface area contributed by atoms with Crippen LogP contribution in [0, 0.1) is 0 Å². The van der Waals surface area contributed by atoms with Gasteiger partial charge in [0.2, 0.25) is 0 Å². The summed E-state index contributed by atoms with van der Waals surface area (Å²) in [4.78, 5) is 11.2. The first-order valence-corrected chi connectivity index (χ1v) is 14.6. The van der Waals surface area contributed by atoms with E-state index in [1.807, 2.05) is 6.92 Å². The van der Waals surface area contributed by atoms with Crippen molar-refractivity contribution in [2.24, 2.45) is 0 Å². The summed E-state index contributed by atoms with van der Waals surface area (Å²) in [7, 11) is 0. The first-order valence-electron chi connectivity index (χ1n) is 14.6. The van der Waals surface area contributed by atoms with Crippen molar-refractivity contribution in [3.05, 3.63) is 0 Å². The van der Waals surface area contributed by atoms with Gasteiger partial charge in [0.1, 0.15) is 6.61 Å². The Balaban J connectivity index is 3.04. The molecular weight excluding hydrogens is 496 g/mol. The highest BCUT2D eigenvalue weighted by Crippen LogP contribution is 2.04. The fourth-order valence-corrected chi connectivity index (χ4v) is 3.12. The first kappa shape index (κ1) is 37.1. The van der Waals surface area contributed by atoms with Crippen LogP contribution in [0.25, 0.3) is 0 Å². The van der Waals surface area contributed by atoms with Gasteiger partial charge >= 0.3 is 5.97 Å². The predicted molar refractivity (Wildman–Crippen MR) is 146 cm³/mol. The molecule has 0 saturated heterocycles. The standard InChI is InChI=1S/C28H56O10/c1-3-5-6-7-8-9-11-30-12-13-31-14-15-32-16-17-33-18-19-34-20-21-35-22-23-36-24-25-37-26-27-38-28(29)10-4-2/h3-27H2,1-2H3. The van der Waals surface area contributed by atoms with Crippen molar-refractivity contribution in [1.82, 2.24) is 0 Å². The second-order valence-electron chi connectivity index (χ2n) is 8.64. The van der Waals surface area contributed by atoms with Gasteiger partial charge in [-0.25, -0.2) is 0 Å². The molecule has 228 valence electrons. The molecule has 38 heavy (non-hydrogen) atoms. The molecule has 0 unspecified atom stereocenters. The smallest absolute Gasteiger partial charge is 0.305 e. The number of carbonyl (C=O) groups excluding carboxylic acids is 1. The zero-order chi connectivity index (χ0) is 27.6. The Morgan fingerprint density at radius 2 is 0.684 bits per heavy atom. The molecule has 10 heteroatoms. The summed E-state index contributed by atoms with van der Waals surface area (Å²) in [6, 6.07) is 0. The molecule has 0 fully saturated rings. The molecular formula is C28H56O10. The Hall–Kier alpha value is -0.850. The van der Waals surface area contributed by atoms with Crippen LogP contribution in [0.4, 0.5) is 0 Å². The molecule has 0 amide bonds. The number of unbranched alkanes of at least 4 members (excludes halogenated alkanes) is 5. The van der Waals surface area contributed by atoms with Crippen LogP contribution in [0.5, 0.6) is 0 Å². The average Bonchev–Trinajstić information content (AvgIpc) is 2.92. The van der Waals surface area contributed by atoms with Gasteiger partial charge in [-0.15, -0.1) is 0 Å². The Labute approximate surface area is 231 Å². The normalized spacial score (nSPS) is 11.3. The van der Waals surface area contributed by atoms with Crippen LogP contribution >= 0.6 is 0 Å². The third-order valence-electron chi connectivity index (χ3n) is 5.19. The molecule has 0 saturated carbocycles. The molecule has 10 nitrogen and oxygen atoms in total. The number of esters is 1. The average molecular weight is 553 g/mol. The van der Waals surface area contributed by atoms with Crippen LogP contribution < -0.4 is 0 Å². The van der Waals surface area contributed by atoms with Crippen LogP contribution in [-0.2, 0) is 47.4 Å². The highest BCUT2D eigenvalue weighted by Gasteiger charge is 2.00. The van der Waals surface area contributed by atoms with Gasteiger partial charge in [-0.1, -0.05) is 46.0 Å². The summed E-state index contributed by atoms with van der Waals surface area (Å²) >= 11 is 0. The third kappa shape index (κ3) is 33.2. The molecule has 0 spiro atoms. The number of rotatable bonds is 33. The molecule has 0 rings (SSSR count). The zero-order valence-corrected chi connectivity index (χ0v) is 24.3. The summed E-state index contributed by atoms with van der Waals surface area (Å²) in [6.07, 6.45) is 8.92. The van der Waals surface area contributed by atoms with Crippen molar-refractivity contribution in [1.29, 1.82) is 0 Å². The lowest BCUT2D eigenvalue weighted by molar-refractivity contribution is -0.145. The topological polar surface area (TPSA) is 100 Å². The molecule has 0 aliphatic rings. The van der Waals surface area contributed by atoms with E-state index in [0.717, 1.165) is 19.4 Å². The second kappa shape index (κ2) is 34.2. The second-order valence-corrected chi connectivity index (χ2v) is 8.64. The molecule has 0 aliphatic heterocycles. The summed E-state index contributed by atoms with van der Waals surface area (Å²) in [6.45, 7) is 13.1.